The largest absolute Gasteiger partial charge is 0.349 e. The van der Waals surface area contributed by atoms with Gasteiger partial charge in [0.05, 0.1) is 5.56 Å². The zero-order valence-electron chi connectivity index (χ0n) is 10.3. The Morgan fingerprint density at radius 2 is 2.05 bits per heavy atom. The van der Waals surface area contributed by atoms with Gasteiger partial charge in [0.15, 0.2) is 0 Å². The third-order valence-corrected chi connectivity index (χ3v) is 3.39. The first-order valence-electron chi connectivity index (χ1n) is 6.11. The van der Waals surface area contributed by atoms with Crippen molar-refractivity contribution in [3.63, 3.8) is 0 Å². The monoisotopic (exact) mass is 260 g/mol. The van der Waals surface area contributed by atoms with Gasteiger partial charge in [0.25, 0.3) is 5.56 Å². The van der Waals surface area contributed by atoms with Crippen molar-refractivity contribution in [3.8, 4) is 6.07 Å². The second-order valence-electron chi connectivity index (χ2n) is 4.57. The molecule has 3 aromatic heterocycles. The first-order chi connectivity index (χ1) is 9.78. The highest BCUT2D eigenvalue weighted by Gasteiger charge is 2.11. The number of nitriles is 1. The molecular weight excluding hydrogens is 252 g/mol. The molecule has 0 saturated heterocycles. The molecule has 0 aliphatic heterocycles. The molecule has 4 rings (SSSR count). The van der Waals surface area contributed by atoms with E-state index < -0.39 is 0 Å². The molecule has 0 aliphatic carbocycles. The second-order valence-corrected chi connectivity index (χ2v) is 4.57. The third-order valence-electron chi connectivity index (χ3n) is 3.39. The molecule has 0 amide bonds. The van der Waals surface area contributed by atoms with E-state index in [0.717, 1.165) is 10.9 Å². The van der Waals surface area contributed by atoms with Crippen LogP contribution in [0.1, 0.15) is 5.56 Å². The van der Waals surface area contributed by atoms with Crippen LogP contribution in [0.5, 0.6) is 0 Å². The number of fused-ring (bicyclic) bond motifs is 4. The van der Waals surface area contributed by atoms with Crippen LogP contribution in [0.25, 0.3) is 27.6 Å². The maximum absolute atomic E-state index is 12.5. The SMILES string of the molecule is N#Cc1ccc2nc3c([nH]c4ccccc43)c(=O)n2c1. The Balaban J connectivity index is 2.28. The highest BCUT2D eigenvalue weighted by molar-refractivity contribution is 6.04. The van der Waals surface area contributed by atoms with E-state index in [1.165, 1.54) is 10.6 Å². The Morgan fingerprint density at radius 3 is 2.90 bits per heavy atom. The topological polar surface area (TPSA) is 73.9 Å². The van der Waals surface area contributed by atoms with Crippen molar-refractivity contribution < 1.29 is 0 Å². The van der Waals surface area contributed by atoms with E-state index in [4.69, 9.17) is 5.26 Å². The fourth-order valence-electron chi connectivity index (χ4n) is 2.45. The lowest BCUT2D eigenvalue weighted by Crippen LogP contribution is -2.15. The minimum absolute atomic E-state index is 0.196. The number of para-hydroxylation sites is 1. The average Bonchev–Trinajstić information content (AvgIpc) is 2.86. The maximum atomic E-state index is 12.5. The van der Waals surface area contributed by atoms with Crippen molar-refractivity contribution in [2.75, 3.05) is 0 Å². The van der Waals surface area contributed by atoms with Gasteiger partial charge in [0.2, 0.25) is 0 Å². The van der Waals surface area contributed by atoms with Crippen molar-refractivity contribution in [3.05, 3.63) is 58.5 Å². The molecule has 0 atom stereocenters. The molecule has 20 heavy (non-hydrogen) atoms. The highest BCUT2D eigenvalue weighted by Crippen LogP contribution is 2.21. The van der Waals surface area contributed by atoms with Crippen LogP contribution in [0.2, 0.25) is 0 Å². The number of hydrogen-bond acceptors (Lipinski definition) is 3. The Bertz CT molecular complexity index is 1080. The summed E-state index contributed by atoms with van der Waals surface area (Å²) in [5.41, 5.74) is 2.76. The van der Waals surface area contributed by atoms with Crippen molar-refractivity contribution >= 4 is 27.6 Å². The Labute approximate surface area is 112 Å². The van der Waals surface area contributed by atoms with E-state index >= 15 is 0 Å². The standard InChI is InChI=1S/C15H8N4O/c16-7-9-5-6-12-18-13-10-3-1-2-4-11(10)17-14(13)15(20)19(12)8-9/h1-6,8,17H. The number of nitrogens with one attached hydrogen (secondary N) is 1. The van der Waals surface area contributed by atoms with Gasteiger partial charge in [-0.05, 0) is 18.2 Å². The summed E-state index contributed by atoms with van der Waals surface area (Å²) in [6.07, 6.45) is 1.51. The van der Waals surface area contributed by atoms with Gasteiger partial charge in [-0.25, -0.2) is 4.98 Å². The lowest BCUT2D eigenvalue weighted by molar-refractivity contribution is 1.07. The molecule has 0 unspecified atom stereocenters. The van der Waals surface area contributed by atoms with Gasteiger partial charge in [0, 0.05) is 17.1 Å². The molecule has 1 N–H and O–H groups in total. The van der Waals surface area contributed by atoms with Crippen LogP contribution in [-0.2, 0) is 0 Å². The minimum Gasteiger partial charge on any atom is -0.349 e. The number of aromatic nitrogens is 3. The minimum atomic E-state index is -0.196. The van der Waals surface area contributed by atoms with E-state index in [2.05, 4.69) is 9.97 Å². The Kier molecular flexibility index (Phi) is 1.98. The summed E-state index contributed by atoms with van der Waals surface area (Å²) < 4.78 is 1.40. The zero-order valence-corrected chi connectivity index (χ0v) is 10.3. The molecular formula is C15H8N4O. The number of pyridine rings is 1. The maximum Gasteiger partial charge on any atom is 0.282 e. The Morgan fingerprint density at radius 1 is 1.20 bits per heavy atom. The summed E-state index contributed by atoms with van der Waals surface area (Å²) in [5.74, 6) is 0. The van der Waals surface area contributed by atoms with Gasteiger partial charge in [-0.3, -0.25) is 9.20 Å². The molecule has 1 aromatic carbocycles. The lowest BCUT2D eigenvalue weighted by atomic mass is 10.2. The van der Waals surface area contributed by atoms with Crippen molar-refractivity contribution in [1.82, 2.24) is 14.4 Å². The van der Waals surface area contributed by atoms with Gasteiger partial charge in [-0.15, -0.1) is 0 Å². The van der Waals surface area contributed by atoms with Crippen molar-refractivity contribution in [2.24, 2.45) is 0 Å². The summed E-state index contributed by atoms with van der Waals surface area (Å²) in [6.45, 7) is 0. The molecule has 94 valence electrons. The van der Waals surface area contributed by atoms with Crippen LogP contribution in [0.15, 0.2) is 47.4 Å². The van der Waals surface area contributed by atoms with Crippen LogP contribution < -0.4 is 5.56 Å². The van der Waals surface area contributed by atoms with Gasteiger partial charge < -0.3 is 4.98 Å². The summed E-state index contributed by atoms with van der Waals surface area (Å²) in [4.78, 5) is 20.1. The normalized spacial score (nSPS) is 11.2. The molecule has 0 saturated carbocycles. The van der Waals surface area contributed by atoms with Crippen LogP contribution in [-0.4, -0.2) is 14.4 Å². The van der Waals surface area contributed by atoms with Gasteiger partial charge >= 0.3 is 0 Å². The van der Waals surface area contributed by atoms with Crippen LogP contribution in [0.3, 0.4) is 0 Å². The van der Waals surface area contributed by atoms with Crippen molar-refractivity contribution in [1.29, 1.82) is 5.26 Å². The van der Waals surface area contributed by atoms with Crippen LogP contribution in [0.4, 0.5) is 0 Å². The molecule has 5 nitrogen and oxygen atoms in total. The molecule has 4 aromatic rings. The fourth-order valence-corrected chi connectivity index (χ4v) is 2.45. The van der Waals surface area contributed by atoms with Crippen LogP contribution >= 0.6 is 0 Å². The third kappa shape index (κ3) is 1.30. The van der Waals surface area contributed by atoms with Gasteiger partial charge in [-0.1, -0.05) is 18.2 Å². The summed E-state index contributed by atoms with van der Waals surface area (Å²) >= 11 is 0. The molecule has 3 heterocycles. The predicted octanol–water partition coefficient (Wildman–Crippen LogP) is 2.20. The first kappa shape index (κ1) is 10.8. The summed E-state index contributed by atoms with van der Waals surface area (Å²) in [7, 11) is 0. The van der Waals surface area contributed by atoms with E-state index in [0.29, 0.717) is 22.2 Å². The molecule has 0 spiro atoms. The van der Waals surface area contributed by atoms with E-state index in [-0.39, 0.29) is 5.56 Å². The Hall–Kier alpha value is -3.13. The number of benzene rings is 1. The molecule has 5 heteroatoms. The second kappa shape index (κ2) is 3.68. The quantitative estimate of drug-likeness (QED) is 0.526. The predicted molar refractivity (Wildman–Crippen MR) is 75.5 cm³/mol. The van der Waals surface area contributed by atoms with E-state index in [1.807, 2.05) is 30.3 Å². The summed E-state index contributed by atoms with van der Waals surface area (Å²) in [5, 5.41) is 9.84. The number of aromatic amines is 1. The van der Waals surface area contributed by atoms with Gasteiger partial charge in [-0.2, -0.15) is 5.26 Å². The van der Waals surface area contributed by atoms with E-state index in [9.17, 15) is 4.79 Å². The fraction of sp³-hybridized carbons (Fsp3) is 0. The van der Waals surface area contributed by atoms with E-state index in [1.54, 1.807) is 12.1 Å². The van der Waals surface area contributed by atoms with Gasteiger partial charge in [0.1, 0.15) is 22.7 Å². The molecule has 0 radical (unpaired) electrons. The number of rotatable bonds is 0. The average molecular weight is 260 g/mol. The highest BCUT2D eigenvalue weighted by atomic mass is 16.1. The first-order valence-corrected chi connectivity index (χ1v) is 6.11. The van der Waals surface area contributed by atoms with Crippen LogP contribution in [0, 0.1) is 11.3 Å². The number of H-pyrrole nitrogens is 1. The smallest absolute Gasteiger partial charge is 0.282 e. The molecule has 0 aliphatic rings. The zero-order chi connectivity index (χ0) is 13.7. The summed E-state index contributed by atoms with van der Waals surface area (Å²) in [6, 6.07) is 13.0. The lowest BCUT2D eigenvalue weighted by Gasteiger charge is -2.00. The number of nitrogens with zero attached hydrogens (tertiary/aromatic N) is 3. The van der Waals surface area contributed by atoms with Crippen molar-refractivity contribution in [2.45, 2.75) is 0 Å². The molecule has 0 fully saturated rings. The number of hydrogen-bond donors (Lipinski definition) is 1. The molecule has 0 bridgehead atoms.